The first-order chi connectivity index (χ1) is 6.12. The fourth-order valence-electron chi connectivity index (χ4n) is 1.04. The van der Waals surface area contributed by atoms with Gasteiger partial charge >= 0.3 is 0 Å². The Morgan fingerprint density at radius 2 is 1.71 bits per heavy atom. The van der Waals surface area contributed by atoms with Gasteiger partial charge < -0.3 is 4.74 Å². The van der Waals surface area contributed by atoms with Gasteiger partial charge in [-0.2, -0.15) is 0 Å². The molecule has 0 N–H and O–H groups in total. The number of ether oxygens (including phenoxy) is 1. The minimum absolute atomic E-state index is 0.0168. The molecule has 0 amide bonds. The number of rotatable bonds is 4. The van der Waals surface area contributed by atoms with E-state index in [0.717, 1.165) is 6.42 Å². The van der Waals surface area contributed by atoms with E-state index in [4.69, 9.17) is 4.74 Å². The first kappa shape index (κ1) is 14.0. The second-order valence-corrected chi connectivity index (χ2v) is 6.95. The van der Waals surface area contributed by atoms with Crippen molar-refractivity contribution in [2.24, 2.45) is 0 Å². The predicted octanol–water partition coefficient (Wildman–Crippen LogP) is 3.25. The summed E-state index contributed by atoms with van der Waals surface area (Å²) in [4.78, 5) is 10.9. The Labute approximate surface area is 91.8 Å². The molecule has 0 aliphatic rings. The SMILES string of the molecule is CC(=O)SC(C)(C)CCOC(C)(C)C. The Morgan fingerprint density at radius 3 is 2.07 bits per heavy atom. The van der Waals surface area contributed by atoms with E-state index in [1.54, 1.807) is 6.92 Å². The van der Waals surface area contributed by atoms with Gasteiger partial charge in [0.15, 0.2) is 5.12 Å². The zero-order chi connectivity index (χ0) is 11.4. The van der Waals surface area contributed by atoms with Crippen LogP contribution in [0.15, 0.2) is 0 Å². The molecule has 84 valence electrons. The molecule has 0 aromatic heterocycles. The largest absolute Gasteiger partial charge is 0.376 e. The molecule has 0 aliphatic carbocycles. The van der Waals surface area contributed by atoms with Crippen molar-refractivity contribution in [3.05, 3.63) is 0 Å². The standard InChI is InChI=1S/C11H22O2S/c1-9(12)14-11(5,6)7-8-13-10(2,3)4/h7-8H2,1-6H3. The first-order valence-electron chi connectivity index (χ1n) is 4.96. The van der Waals surface area contributed by atoms with Crippen LogP contribution < -0.4 is 0 Å². The van der Waals surface area contributed by atoms with Crippen molar-refractivity contribution in [1.82, 2.24) is 0 Å². The molecule has 14 heavy (non-hydrogen) atoms. The Kier molecular flexibility index (Phi) is 5.16. The summed E-state index contributed by atoms with van der Waals surface area (Å²) in [6, 6.07) is 0. The zero-order valence-corrected chi connectivity index (χ0v) is 11.0. The molecule has 0 unspecified atom stereocenters. The third kappa shape index (κ3) is 8.57. The highest BCUT2D eigenvalue weighted by atomic mass is 32.2. The van der Waals surface area contributed by atoms with Crippen molar-refractivity contribution in [1.29, 1.82) is 0 Å². The van der Waals surface area contributed by atoms with Gasteiger partial charge in [0, 0.05) is 18.3 Å². The average Bonchev–Trinajstić information content (AvgIpc) is 1.78. The zero-order valence-electron chi connectivity index (χ0n) is 10.1. The van der Waals surface area contributed by atoms with Crippen molar-refractivity contribution in [3.63, 3.8) is 0 Å². The molecule has 0 radical (unpaired) electrons. The summed E-state index contributed by atoms with van der Waals surface area (Å²) in [5.41, 5.74) is -0.0863. The lowest BCUT2D eigenvalue weighted by atomic mass is 10.1. The van der Waals surface area contributed by atoms with Gasteiger partial charge in [0.2, 0.25) is 0 Å². The molecule has 0 spiro atoms. The molecule has 0 aromatic carbocycles. The molecule has 0 saturated heterocycles. The molecule has 0 bridgehead atoms. The lowest BCUT2D eigenvalue weighted by Gasteiger charge is -2.25. The summed E-state index contributed by atoms with van der Waals surface area (Å²) in [5, 5.41) is 0.172. The molecule has 3 heteroatoms. The van der Waals surface area contributed by atoms with Crippen LogP contribution in [0.3, 0.4) is 0 Å². The number of hydrogen-bond acceptors (Lipinski definition) is 3. The lowest BCUT2D eigenvalue weighted by Crippen LogP contribution is -2.25. The monoisotopic (exact) mass is 218 g/mol. The minimum Gasteiger partial charge on any atom is -0.376 e. The maximum atomic E-state index is 10.9. The molecule has 0 saturated carbocycles. The molecule has 0 heterocycles. The van der Waals surface area contributed by atoms with Crippen LogP contribution in [0.25, 0.3) is 0 Å². The molecular weight excluding hydrogens is 196 g/mol. The van der Waals surface area contributed by atoms with E-state index in [1.165, 1.54) is 11.8 Å². The summed E-state index contributed by atoms with van der Waals surface area (Å²) < 4.78 is 5.61. The summed E-state index contributed by atoms with van der Waals surface area (Å²) in [6.07, 6.45) is 0.897. The lowest BCUT2D eigenvalue weighted by molar-refractivity contribution is -0.109. The van der Waals surface area contributed by atoms with Crippen LogP contribution in [0.5, 0.6) is 0 Å². The van der Waals surface area contributed by atoms with Crippen LogP contribution in [0, 0.1) is 0 Å². The minimum atomic E-state index is -0.0863. The van der Waals surface area contributed by atoms with Crippen LogP contribution in [-0.2, 0) is 9.53 Å². The summed E-state index contributed by atoms with van der Waals surface area (Å²) in [5.74, 6) is 0. The first-order valence-corrected chi connectivity index (χ1v) is 5.78. The van der Waals surface area contributed by atoms with Gasteiger partial charge in [0.05, 0.1) is 5.60 Å². The molecule has 0 aromatic rings. The molecule has 0 atom stereocenters. The quantitative estimate of drug-likeness (QED) is 0.724. The Hall–Kier alpha value is -0.0200. The fraction of sp³-hybridized carbons (Fsp3) is 0.909. The molecule has 0 rings (SSSR count). The Balaban J connectivity index is 3.82. The number of hydrogen-bond donors (Lipinski definition) is 0. The number of thioether (sulfide) groups is 1. The number of carbonyl (C=O) groups is 1. The maximum Gasteiger partial charge on any atom is 0.186 e. The maximum absolute atomic E-state index is 10.9. The number of carbonyl (C=O) groups excluding carboxylic acids is 1. The molecular formula is C11H22O2S. The van der Waals surface area contributed by atoms with Crippen molar-refractivity contribution < 1.29 is 9.53 Å². The topological polar surface area (TPSA) is 26.3 Å². The second-order valence-electron chi connectivity index (χ2n) is 5.06. The molecule has 0 fully saturated rings. The average molecular weight is 218 g/mol. The van der Waals surface area contributed by atoms with E-state index in [9.17, 15) is 4.79 Å². The van der Waals surface area contributed by atoms with Crippen LogP contribution >= 0.6 is 11.8 Å². The van der Waals surface area contributed by atoms with Gasteiger partial charge in [0.1, 0.15) is 0 Å². The highest BCUT2D eigenvalue weighted by Gasteiger charge is 2.21. The second kappa shape index (κ2) is 5.17. The van der Waals surface area contributed by atoms with Gasteiger partial charge in [-0.25, -0.2) is 0 Å². The van der Waals surface area contributed by atoms with E-state index in [-0.39, 0.29) is 15.5 Å². The highest BCUT2D eigenvalue weighted by molar-refractivity contribution is 8.14. The summed E-state index contributed by atoms with van der Waals surface area (Å²) in [6.45, 7) is 12.6. The Morgan fingerprint density at radius 1 is 1.21 bits per heavy atom. The third-order valence-electron chi connectivity index (χ3n) is 1.66. The van der Waals surface area contributed by atoms with Crippen LogP contribution in [0.2, 0.25) is 0 Å². The molecule has 2 nitrogen and oxygen atoms in total. The van der Waals surface area contributed by atoms with E-state index in [0.29, 0.717) is 6.61 Å². The smallest absolute Gasteiger partial charge is 0.186 e. The normalized spacial score (nSPS) is 13.0. The van der Waals surface area contributed by atoms with Gasteiger partial charge in [-0.3, -0.25) is 4.79 Å². The van der Waals surface area contributed by atoms with E-state index >= 15 is 0 Å². The van der Waals surface area contributed by atoms with Gasteiger partial charge in [-0.15, -0.1) is 0 Å². The van der Waals surface area contributed by atoms with Gasteiger partial charge in [-0.1, -0.05) is 25.6 Å². The van der Waals surface area contributed by atoms with Crippen molar-refractivity contribution in [2.75, 3.05) is 6.61 Å². The van der Waals surface area contributed by atoms with Crippen LogP contribution in [0.4, 0.5) is 0 Å². The Bertz CT molecular complexity index is 192. The van der Waals surface area contributed by atoms with E-state index in [2.05, 4.69) is 13.8 Å². The van der Waals surface area contributed by atoms with Crippen molar-refractivity contribution in [3.8, 4) is 0 Å². The van der Waals surface area contributed by atoms with Crippen LogP contribution in [0.1, 0.15) is 48.0 Å². The highest BCUT2D eigenvalue weighted by Crippen LogP contribution is 2.28. The van der Waals surface area contributed by atoms with Crippen LogP contribution in [-0.4, -0.2) is 22.1 Å². The van der Waals surface area contributed by atoms with Crippen molar-refractivity contribution in [2.45, 2.75) is 58.3 Å². The van der Waals surface area contributed by atoms with Gasteiger partial charge in [0.25, 0.3) is 0 Å². The summed E-state index contributed by atoms with van der Waals surface area (Å²) >= 11 is 1.39. The third-order valence-corrected chi connectivity index (χ3v) is 2.70. The summed E-state index contributed by atoms with van der Waals surface area (Å²) in [7, 11) is 0. The van der Waals surface area contributed by atoms with Crippen molar-refractivity contribution >= 4 is 16.9 Å². The van der Waals surface area contributed by atoms with E-state index in [1.807, 2.05) is 20.8 Å². The van der Waals surface area contributed by atoms with Gasteiger partial charge in [-0.05, 0) is 27.2 Å². The van der Waals surface area contributed by atoms with E-state index < -0.39 is 0 Å². The predicted molar refractivity (Wildman–Crippen MR) is 62.7 cm³/mol. The fourth-order valence-corrected chi connectivity index (χ4v) is 2.01. The molecule has 0 aliphatic heterocycles.